The zero-order valence-corrected chi connectivity index (χ0v) is 12.2. The van der Waals surface area contributed by atoms with Crippen LogP contribution in [0.3, 0.4) is 0 Å². The highest BCUT2D eigenvalue weighted by Gasteiger charge is 2.15. The number of nitrogens with one attached hydrogen (secondary N) is 1. The van der Waals surface area contributed by atoms with Crippen molar-refractivity contribution in [3.05, 3.63) is 42.0 Å². The molecule has 0 saturated heterocycles. The first kappa shape index (κ1) is 15.0. The largest absolute Gasteiger partial charge is 0.478 e. The van der Waals surface area contributed by atoms with Crippen molar-refractivity contribution in [3.8, 4) is 0 Å². The summed E-state index contributed by atoms with van der Waals surface area (Å²) in [6, 6.07) is 10.8. The standard InChI is InChI=1S/C17H19NO3/c1-3-11(2)8-16(19)18-15-10-13-7-5-4-6-12(13)9-14(15)17(20)21/h4-7,9-11H,3,8H2,1-2H3,(H,18,19)(H,20,21). The molecule has 2 aromatic rings. The molecule has 110 valence electrons. The average molecular weight is 285 g/mol. The molecule has 0 aliphatic carbocycles. The summed E-state index contributed by atoms with van der Waals surface area (Å²) in [7, 11) is 0. The number of hydrogen-bond acceptors (Lipinski definition) is 2. The predicted octanol–water partition coefficient (Wildman–Crippen LogP) is 3.91. The summed E-state index contributed by atoms with van der Waals surface area (Å²) < 4.78 is 0. The number of anilines is 1. The SMILES string of the molecule is CCC(C)CC(=O)Nc1cc2ccccc2cc1C(=O)O. The Labute approximate surface area is 123 Å². The van der Waals surface area contributed by atoms with Crippen LogP contribution in [0.2, 0.25) is 0 Å². The Morgan fingerprint density at radius 2 is 1.81 bits per heavy atom. The van der Waals surface area contributed by atoms with Crippen molar-refractivity contribution < 1.29 is 14.7 Å². The van der Waals surface area contributed by atoms with Crippen LogP contribution in [0.5, 0.6) is 0 Å². The van der Waals surface area contributed by atoms with Crippen molar-refractivity contribution in [1.82, 2.24) is 0 Å². The Hall–Kier alpha value is -2.36. The van der Waals surface area contributed by atoms with E-state index in [9.17, 15) is 14.7 Å². The van der Waals surface area contributed by atoms with E-state index >= 15 is 0 Å². The van der Waals surface area contributed by atoms with Gasteiger partial charge in [-0.15, -0.1) is 0 Å². The Kier molecular flexibility index (Phi) is 4.58. The number of carboxylic acid groups (broad SMARTS) is 1. The number of aromatic carboxylic acids is 1. The molecule has 0 fully saturated rings. The van der Waals surface area contributed by atoms with Gasteiger partial charge in [0.25, 0.3) is 0 Å². The monoisotopic (exact) mass is 285 g/mol. The molecule has 21 heavy (non-hydrogen) atoms. The summed E-state index contributed by atoms with van der Waals surface area (Å²) in [6.07, 6.45) is 1.30. The van der Waals surface area contributed by atoms with Crippen LogP contribution in [0.4, 0.5) is 5.69 Å². The summed E-state index contributed by atoms with van der Waals surface area (Å²) >= 11 is 0. The third-order valence-electron chi connectivity index (χ3n) is 3.62. The minimum absolute atomic E-state index is 0.117. The Balaban J connectivity index is 2.35. The maximum atomic E-state index is 12.0. The minimum Gasteiger partial charge on any atom is -0.478 e. The van der Waals surface area contributed by atoms with Crippen LogP contribution in [0.15, 0.2) is 36.4 Å². The van der Waals surface area contributed by atoms with Crippen LogP contribution in [0.25, 0.3) is 10.8 Å². The lowest BCUT2D eigenvalue weighted by Gasteiger charge is -2.12. The predicted molar refractivity (Wildman–Crippen MR) is 83.6 cm³/mol. The van der Waals surface area contributed by atoms with Gasteiger partial charge in [-0.2, -0.15) is 0 Å². The fourth-order valence-electron chi connectivity index (χ4n) is 2.18. The van der Waals surface area contributed by atoms with Crippen molar-refractivity contribution in [2.24, 2.45) is 5.92 Å². The van der Waals surface area contributed by atoms with Gasteiger partial charge >= 0.3 is 5.97 Å². The Morgan fingerprint density at radius 3 is 2.38 bits per heavy atom. The van der Waals surface area contributed by atoms with Crippen LogP contribution in [0.1, 0.15) is 37.0 Å². The summed E-state index contributed by atoms with van der Waals surface area (Å²) in [6.45, 7) is 4.02. The van der Waals surface area contributed by atoms with Gasteiger partial charge in [-0.05, 0) is 28.8 Å². The summed E-state index contributed by atoms with van der Waals surface area (Å²) in [4.78, 5) is 23.4. The number of benzene rings is 2. The highest BCUT2D eigenvalue weighted by molar-refractivity contribution is 6.05. The van der Waals surface area contributed by atoms with Gasteiger partial charge in [-0.1, -0.05) is 44.5 Å². The van der Waals surface area contributed by atoms with Crippen molar-refractivity contribution in [1.29, 1.82) is 0 Å². The fraction of sp³-hybridized carbons (Fsp3) is 0.294. The number of rotatable bonds is 5. The molecule has 2 aromatic carbocycles. The van der Waals surface area contributed by atoms with E-state index in [1.807, 2.05) is 38.1 Å². The van der Waals surface area contributed by atoms with E-state index in [1.54, 1.807) is 12.1 Å². The Bertz CT molecular complexity index is 679. The van der Waals surface area contributed by atoms with Gasteiger partial charge in [0.05, 0.1) is 11.3 Å². The third kappa shape index (κ3) is 3.60. The fourth-order valence-corrected chi connectivity index (χ4v) is 2.18. The van der Waals surface area contributed by atoms with Crippen LogP contribution in [0, 0.1) is 5.92 Å². The maximum absolute atomic E-state index is 12.0. The van der Waals surface area contributed by atoms with Gasteiger partial charge in [0.1, 0.15) is 0 Å². The van der Waals surface area contributed by atoms with Crippen LogP contribution < -0.4 is 5.32 Å². The third-order valence-corrected chi connectivity index (χ3v) is 3.62. The smallest absolute Gasteiger partial charge is 0.337 e. The van der Waals surface area contributed by atoms with Gasteiger partial charge < -0.3 is 10.4 Å². The van der Waals surface area contributed by atoms with E-state index in [-0.39, 0.29) is 17.4 Å². The van der Waals surface area contributed by atoms with Crippen LogP contribution in [-0.2, 0) is 4.79 Å². The first-order valence-corrected chi connectivity index (χ1v) is 7.07. The second kappa shape index (κ2) is 6.39. The van der Waals surface area contributed by atoms with Gasteiger partial charge in [0.2, 0.25) is 5.91 Å². The lowest BCUT2D eigenvalue weighted by Crippen LogP contribution is -2.17. The van der Waals surface area contributed by atoms with E-state index in [0.717, 1.165) is 17.2 Å². The number of amides is 1. The molecule has 4 nitrogen and oxygen atoms in total. The average Bonchev–Trinajstić information content (AvgIpc) is 2.46. The van der Waals surface area contributed by atoms with Crippen molar-refractivity contribution >= 4 is 28.3 Å². The van der Waals surface area contributed by atoms with E-state index < -0.39 is 5.97 Å². The molecular weight excluding hydrogens is 266 g/mol. The topological polar surface area (TPSA) is 66.4 Å². The summed E-state index contributed by atoms with van der Waals surface area (Å²) in [5, 5.41) is 13.8. The minimum atomic E-state index is -1.04. The summed E-state index contributed by atoms with van der Waals surface area (Å²) in [5.41, 5.74) is 0.473. The normalized spacial score (nSPS) is 12.1. The molecule has 0 saturated carbocycles. The van der Waals surface area contributed by atoms with Crippen molar-refractivity contribution in [2.75, 3.05) is 5.32 Å². The molecule has 1 atom stereocenters. The van der Waals surface area contributed by atoms with Crippen LogP contribution in [-0.4, -0.2) is 17.0 Å². The molecule has 4 heteroatoms. The number of fused-ring (bicyclic) bond motifs is 1. The molecule has 0 spiro atoms. The molecule has 0 radical (unpaired) electrons. The lowest BCUT2D eigenvalue weighted by atomic mass is 10.0. The first-order valence-electron chi connectivity index (χ1n) is 7.07. The number of carboxylic acids is 1. The molecule has 1 unspecified atom stereocenters. The highest BCUT2D eigenvalue weighted by atomic mass is 16.4. The zero-order chi connectivity index (χ0) is 15.4. The number of hydrogen-bond donors (Lipinski definition) is 2. The molecule has 0 aliphatic heterocycles. The summed E-state index contributed by atoms with van der Waals surface area (Å²) in [5.74, 6) is -0.916. The zero-order valence-electron chi connectivity index (χ0n) is 12.2. The van der Waals surface area contributed by atoms with E-state index in [1.165, 1.54) is 0 Å². The Morgan fingerprint density at radius 1 is 1.19 bits per heavy atom. The molecule has 0 aliphatic rings. The number of carbonyl (C=O) groups is 2. The van der Waals surface area contributed by atoms with Gasteiger partial charge in [-0.25, -0.2) is 4.79 Å². The van der Waals surface area contributed by atoms with Crippen molar-refractivity contribution in [2.45, 2.75) is 26.7 Å². The maximum Gasteiger partial charge on any atom is 0.337 e. The van der Waals surface area contributed by atoms with Gasteiger partial charge in [0, 0.05) is 6.42 Å². The van der Waals surface area contributed by atoms with Crippen LogP contribution >= 0.6 is 0 Å². The second-order valence-corrected chi connectivity index (χ2v) is 5.32. The highest BCUT2D eigenvalue weighted by Crippen LogP contribution is 2.24. The molecular formula is C17H19NO3. The van der Waals surface area contributed by atoms with Gasteiger partial charge in [-0.3, -0.25) is 4.79 Å². The van der Waals surface area contributed by atoms with E-state index in [2.05, 4.69) is 5.32 Å². The van der Waals surface area contributed by atoms with E-state index in [0.29, 0.717) is 12.1 Å². The molecule has 2 N–H and O–H groups in total. The van der Waals surface area contributed by atoms with Gasteiger partial charge in [0.15, 0.2) is 0 Å². The molecule has 1 amide bonds. The van der Waals surface area contributed by atoms with E-state index in [4.69, 9.17) is 0 Å². The molecule has 0 bridgehead atoms. The second-order valence-electron chi connectivity index (χ2n) is 5.32. The molecule has 0 aromatic heterocycles. The lowest BCUT2D eigenvalue weighted by molar-refractivity contribution is -0.117. The molecule has 2 rings (SSSR count). The quantitative estimate of drug-likeness (QED) is 0.875. The first-order chi connectivity index (χ1) is 10.0. The number of carbonyl (C=O) groups excluding carboxylic acids is 1. The molecule has 0 heterocycles. The van der Waals surface area contributed by atoms with Crippen molar-refractivity contribution in [3.63, 3.8) is 0 Å².